The van der Waals surface area contributed by atoms with Crippen LogP contribution in [0.2, 0.25) is 0 Å². The van der Waals surface area contributed by atoms with Gasteiger partial charge in [-0.3, -0.25) is 4.79 Å². The first kappa shape index (κ1) is 21.2. The number of nitrogens with zero attached hydrogens (tertiary/aromatic N) is 1. The molecule has 0 aliphatic heterocycles. The van der Waals surface area contributed by atoms with Gasteiger partial charge in [0.25, 0.3) is 0 Å². The standard InChI is InChI=1S/C24H32N2O3/c1-26(2)23(19-9-13-21(29-4)14-10-19)16-25-24(27)15-22(17-5-6-17)18-7-11-20(28-3)12-8-18/h7-14,17,22-23H,5-6,15-16H2,1-4H3,(H,25,27). The average Bonchev–Trinajstić information content (AvgIpc) is 3.58. The van der Waals surface area contributed by atoms with Gasteiger partial charge in [-0.1, -0.05) is 24.3 Å². The molecule has 2 atom stereocenters. The summed E-state index contributed by atoms with van der Waals surface area (Å²) >= 11 is 0. The molecule has 0 bridgehead atoms. The van der Waals surface area contributed by atoms with Gasteiger partial charge in [0.1, 0.15) is 11.5 Å². The Morgan fingerprint density at radius 1 is 0.966 bits per heavy atom. The van der Waals surface area contributed by atoms with Gasteiger partial charge in [0.15, 0.2) is 0 Å². The molecular weight excluding hydrogens is 364 g/mol. The molecule has 1 amide bonds. The van der Waals surface area contributed by atoms with Crippen molar-refractivity contribution in [2.45, 2.75) is 31.2 Å². The number of rotatable bonds is 10. The Labute approximate surface area is 174 Å². The fraction of sp³-hybridized carbons (Fsp3) is 0.458. The van der Waals surface area contributed by atoms with E-state index in [1.165, 1.54) is 18.4 Å². The number of hydrogen-bond donors (Lipinski definition) is 1. The maximum atomic E-state index is 12.8. The van der Waals surface area contributed by atoms with E-state index in [0.29, 0.717) is 18.9 Å². The van der Waals surface area contributed by atoms with E-state index >= 15 is 0 Å². The molecule has 156 valence electrons. The molecule has 3 rings (SSSR count). The quantitative estimate of drug-likeness (QED) is 0.659. The molecule has 29 heavy (non-hydrogen) atoms. The van der Waals surface area contributed by atoms with Crippen LogP contribution < -0.4 is 14.8 Å². The lowest BCUT2D eigenvalue weighted by molar-refractivity contribution is -0.121. The molecule has 0 spiro atoms. The van der Waals surface area contributed by atoms with E-state index in [-0.39, 0.29) is 17.9 Å². The van der Waals surface area contributed by atoms with Crippen LogP contribution in [-0.2, 0) is 4.79 Å². The van der Waals surface area contributed by atoms with E-state index in [0.717, 1.165) is 17.1 Å². The van der Waals surface area contributed by atoms with Crippen LogP contribution in [0, 0.1) is 5.92 Å². The molecule has 0 radical (unpaired) electrons. The van der Waals surface area contributed by atoms with Crippen molar-refractivity contribution in [1.29, 1.82) is 0 Å². The molecule has 0 heterocycles. The Bertz CT molecular complexity index is 783. The molecule has 1 N–H and O–H groups in total. The van der Waals surface area contributed by atoms with Crippen LogP contribution in [0.1, 0.15) is 42.3 Å². The van der Waals surface area contributed by atoms with E-state index < -0.39 is 0 Å². The minimum atomic E-state index is 0.109. The molecule has 1 aliphatic rings. The van der Waals surface area contributed by atoms with Crippen molar-refractivity contribution in [2.75, 3.05) is 34.9 Å². The zero-order chi connectivity index (χ0) is 20.8. The molecule has 2 unspecified atom stereocenters. The summed E-state index contributed by atoms with van der Waals surface area (Å²) in [6.07, 6.45) is 2.94. The third-order valence-corrected chi connectivity index (χ3v) is 5.76. The normalized spacial score (nSPS) is 15.6. The molecule has 1 fully saturated rings. The monoisotopic (exact) mass is 396 g/mol. The molecule has 1 aliphatic carbocycles. The zero-order valence-electron chi connectivity index (χ0n) is 17.9. The largest absolute Gasteiger partial charge is 0.497 e. The Morgan fingerprint density at radius 2 is 1.48 bits per heavy atom. The van der Waals surface area contributed by atoms with Gasteiger partial charge >= 0.3 is 0 Å². The lowest BCUT2D eigenvalue weighted by Crippen LogP contribution is -2.35. The predicted octanol–water partition coefficient (Wildman–Crippen LogP) is 4.01. The number of carbonyl (C=O) groups excluding carboxylic acids is 1. The van der Waals surface area contributed by atoms with Gasteiger partial charge in [-0.2, -0.15) is 0 Å². The summed E-state index contributed by atoms with van der Waals surface area (Å²) in [5.41, 5.74) is 2.38. The second-order valence-electron chi connectivity index (χ2n) is 7.98. The first-order valence-corrected chi connectivity index (χ1v) is 10.2. The molecule has 0 aromatic heterocycles. The smallest absolute Gasteiger partial charge is 0.220 e. The summed E-state index contributed by atoms with van der Waals surface area (Å²) in [6.45, 7) is 0.582. The molecule has 0 saturated heterocycles. The first-order chi connectivity index (χ1) is 14.0. The van der Waals surface area contributed by atoms with Crippen molar-refractivity contribution in [3.05, 3.63) is 59.7 Å². The maximum Gasteiger partial charge on any atom is 0.220 e. The van der Waals surface area contributed by atoms with Gasteiger partial charge in [0.05, 0.1) is 20.3 Å². The number of amides is 1. The minimum Gasteiger partial charge on any atom is -0.497 e. The van der Waals surface area contributed by atoms with Gasteiger partial charge in [0.2, 0.25) is 5.91 Å². The van der Waals surface area contributed by atoms with Crippen LogP contribution in [0.15, 0.2) is 48.5 Å². The lowest BCUT2D eigenvalue weighted by atomic mass is 9.90. The number of ether oxygens (including phenoxy) is 2. The van der Waals surface area contributed by atoms with E-state index in [1.807, 2.05) is 38.4 Å². The van der Waals surface area contributed by atoms with Gasteiger partial charge in [-0.05, 0) is 74.2 Å². The number of hydrogen-bond acceptors (Lipinski definition) is 4. The third-order valence-electron chi connectivity index (χ3n) is 5.76. The topological polar surface area (TPSA) is 50.8 Å². The number of nitrogens with one attached hydrogen (secondary N) is 1. The number of benzene rings is 2. The van der Waals surface area contributed by atoms with Gasteiger partial charge in [0, 0.05) is 13.0 Å². The molecule has 1 saturated carbocycles. The Morgan fingerprint density at radius 3 is 1.93 bits per heavy atom. The fourth-order valence-corrected chi connectivity index (χ4v) is 3.81. The Kier molecular flexibility index (Phi) is 7.15. The molecule has 5 heteroatoms. The Balaban J connectivity index is 1.61. The van der Waals surface area contributed by atoms with Crippen molar-refractivity contribution in [2.24, 2.45) is 5.92 Å². The molecule has 2 aromatic carbocycles. The van der Waals surface area contributed by atoms with Crippen LogP contribution in [-0.4, -0.2) is 45.7 Å². The highest BCUT2D eigenvalue weighted by Gasteiger charge is 2.33. The maximum absolute atomic E-state index is 12.8. The van der Waals surface area contributed by atoms with Crippen LogP contribution in [0.25, 0.3) is 0 Å². The Hall–Kier alpha value is -2.53. The highest BCUT2D eigenvalue weighted by atomic mass is 16.5. The van der Waals surface area contributed by atoms with E-state index in [4.69, 9.17) is 9.47 Å². The minimum absolute atomic E-state index is 0.109. The van der Waals surface area contributed by atoms with Crippen LogP contribution >= 0.6 is 0 Å². The second kappa shape index (κ2) is 9.79. The van der Waals surface area contributed by atoms with Crippen molar-refractivity contribution >= 4 is 5.91 Å². The highest BCUT2D eigenvalue weighted by molar-refractivity contribution is 5.77. The van der Waals surface area contributed by atoms with Crippen LogP contribution in [0.4, 0.5) is 0 Å². The predicted molar refractivity (Wildman–Crippen MR) is 116 cm³/mol. The molecule has 5 nitrogen and oxygen atoms in total. The van der Waals surface area contributed by atoms with Crippen molar-refractivity contribution in [1.82, 2.24) is 10.2 Å². The van der Waals surface area contributed by atoms with E-state index in [1.54, 1.807) is 14.2 Å². The van der Waals surface area contributed by atoms with Crippen molar-refractivity contribution in [3.63, 3.8) is 0 Å². The average molecular weight is 397 g/mol. The number of methoxy groups -OCH3 is 2. The highest BCUT2D eigenvalue weighted by Crippen LogP contribution is 2.44. The van der Waals surface area contributed by atoms with Crippen LogP contribution in [0.3, 0.4) is 0 Å². The summed E-state index contributed by atoms with van der Waals surface area (Å²) in [5, 5.41) is 3.16. The summed E-state index contributed by atoms with van der Waals surface area (Å²) in [4.78, 5) is 14.9. The summed E-state index contributed by atoms with van der Waals surface area (Å²) in [5.74, 6) is 2.68. The number of carbonyl (C=O) groups is 1. The van der Waals surface area contributed by atoms with Gasteiger partial charge in [-0.15, -0.1) is 0 Å². The SMILES string of the molecule is COc1ccc(C(CC(=O)NCC(c2ccc(OC)cc2)N(C)C)C2CC2)cc1. The van der Waals surface area contributed by atoms with Crippen molar-refractivity contribution in [3.8, 4) is 11.5 Å². The van der Waals surface area contributed by atoms with E-state index in [2.05, 4.69) is 34.5 Å². The van der Waals surface area contributed by atoms with Crippen LogP contribution in [0.5, 0.6) is 11.5 Å². The molecule has 2 aromatic rings. The van der Waals surface area contributed by atoms with E-state index in [9.17, 15) is 4.79 Å². The molecular formula is C24H32N2O3. The fourth-order valence-electron chi connectivity index (χ4n) is 3.81. The lowest BCUT2D eigenvalue weighted by Gasteiger charge is -2.26. The summed E-state index contributed by atoms with van der Waals surface area (Å²) < 4.78 is 10.5. The van der Waals surface area contributed by atoms with Crippen molar-refractivity contribution < 1.29 is 14.3 Å². The summed E-state index contributed by atoms with van der Waals surface area (Å²) in [6, 6.07) is 16.3. The van der Waals surface area contributed by atoms with Gasteiger partial charge in [-0.25, -0.2) is 0 Å². The third kappa shape index (κ3) is 5.73. The second-order valence-corrected chi connectivity index (χ2v) is 7.98. The zero-order valence-corrected chi connectivity index (χ0v) is 17.9. The first-order valence-electron chi connectivity index (χ1n) is 10.2. The summed E-state index contributed by atoms with van der Waals surface area (Å²) in [7, 11) is 7.40. The number of likely N-dealkylation sites (N-methyl/N-ethyl adjacent to an activating group) is 1. The van der Waals surface area contributed by atoms with Gasteiger partial charge < -0.3 is 19.7 Å².